The van der Waals surface area contributed by atoms with E-state index < -0.39 is 23.2 Å². The number of esters is 1. The number of alkyl carbamates (subject to hydrolysis) is 1. The van der Waals surface area contributed by atoms with Crippen LogP contribution in [0.2, 0.25) is 0 Å². The molecule has 0 fully saturated rings. The van der Waals surface area contributed by atoms with Gasteiger partial charge in [0.1, 0.15) is 11.1 Å². The van der Waals surface area contributed by atoms with Crippen molar-refractivity contribution in [3.63, 3.8) is 0 Å². The van der Waals surface area contributed by atoms with Gasteiger partial charge in [0.2, 0.25) is 0 Å². The second kappa shape index (κ2) is 17.0. The fourth-order valence-corrected chi connectivity index (χ4v) is 1.35. The minimum Gasteiger partial charge on any atom is -0.467 e. The molecule has 27 heavy (non-hydrogen) atoms. The van der Waals surface area contributed by atoms with Crippen molar-refractivity contribution in [3.8, 4) is 12.3 Å². The Hall–Kier alpha value is -2.48. The van der Waals surface area contributed by atoms with Gasteiger partial charge in [-0.3, -0.25) is 0 Å². The molecule has 0 spiro atoms. The minimum absolute atomic E-state index is 0.520. The van der Waals surface area contributed by atoms with Crippen LogP contribution in [0.15, 0.2) is 36.5 Å². The summed E-state index contributed by atoms with van der Waals surface area (Å²) < 4.78 is 9.55. The van der Waals surface area contributed by atoms with Crippen molar-refractivity contribution >= 4 is 12.1 Å². The third-order valence-corrected chi connectivity index (χ3v) is 2.46. The molecule has 0 radical (unpaired) electrons. The molecule has 0 aliphatic rings. The average Bonchev–Trinajstić information content (AvgIpc) is 2.53. The van der Waals surface area contributed by atoms with E-state index >= 15 is 0 Å². The Balaban J connectivity index is -0.000000407. The number of rotatable bonds is 5. The van der Waals surface area contributed by atoms with E-state index in [0.29, 0.717) is 0 Å². The summed E-state index contributed by atoms with van der Waals surface area (Å²) in [7, 11) is 1.26. The molecule has 5 heteroatoms. The number of terminal acetylenes is 1. The quantitative estimate of drug-likeness (QED) is 0.309. The van der Waals surface area contributed by atoms with E-state index in [2.05, 4.69) is 46.7 Å². The molecule has 0 atom stereocenters. The Morgan fingerprint density at radius 2 is 1.56 bits per heavy atom. The molecule has 0 rings (SSSR count). The van der Waals surface area contributed by atoms with Crippen molar-refractivity contribution in [2.24, 2.45) is 0 Å². The molecule has 0 heterocycles. The van der Waals surface area contributed by atoms with Gasteiger partial charge in [0.25, 0.3) is 0 Å². The van der Waals surface area contributed by atoms with Crippen molar-refractivity contribution in [3.05, 3.63) is 36.5 Å². The number of methoxy groups -OCH3 is 1. The predicted molar refractivity (Wildman–Crippen MR) is 113 cm³/mol. The summed E-state index contributed by atoms with van der Waals surface area (Å²) in [6.45, 7) is 14.0. The van der Waals surface area contributed by atoms with E-state index in [9.17, 15) is 9.59 Å². The van der Waals surface area contributed by atoms with Gasteiger partial charge in [-0.05, 0) is 61.8 Å². The number of hydrogen-bond donors (Lipinski definition) is 1. The zero-order chi connectivity index (χ0) is 21.9. The number of hydrogen-bond acceptors (Lipinski definition) is 4. The maximum absolute atomic E-state index is 11.4. The van der Waals surface area contributed by atoms with E-state index in [1.54, 1.807) is 41.5 Å². The van der Waals surface area contributed by atoms with Gasteiger partial charge >= 0.3 is 12.1 Å². The van der Waals surface area contributed by atoms with Crippen LogP contribution in [0.1, 0.15) is 61.8 Å². The SMILES string of the molecule is C#CC.C/C=C\C=C/C/C=C/C.COC(=O)C(C)(C)NC(=O)OC(C)(C)C. The van der Waals surface area contributed by atoms with Gasteiger partial charge in [0.05, 0.1) is 7.11 Å². The van der Waals surface area contributed by atoms with Crippen molar-refractivity contribution in [1.82, 2.24) is 5.32 Å². The number of amides is 1. The van der Waals surface area contributed by atoms with E-state index in [1.807, 2.05) is 26.0 Å². The maximum Gasteiger partial charge on any atom is 0.408 e. The molecule has 0 unspecified atom stereocenters. The zero-order valence-corrected chi connectivity index (χ0v) is 18.4. The first kappa shape index (κ1) is 29.3. The third kappa shape index (κ3) is 23.5. The zero-order valence-electron chi connectivity index (χ0n) is 18.4. The molecule has 5 nitrogen and oxygen atoms in total. The van der Waals surface area contributed by atoms with E-state index in [1.165, 1.54) is 7.11 Å². The highest BCUT2D eigenvalue weighted by molar-refractivity contribution is 5.84. The topological polar surface area (TPSA) is 64.6 Å². The standard InChI is InChI=1S/C10H19NO4.C9H14.C3H4/c1-9(2,3)15-8(13)11-10(4,5)7(12)14-6;1-3-5-7-9-8-6-4-2;1-3-2/h1-6H3,(H,11,13);3-7,9H,8H2,1-2H3;1H,2H3/b;5-3-,6-4+,9-7-;. The van der Waals surface area contributed by atoms with Crippen molar-refractivity contribution in [1.29, 1.82) is 0 Å². The highest BCUT2D eigenvalue weighted by Crippen LogP contribution is 2.10. The average molecular weight is 380 g/mol. The molecule has 0 saturated heterocycles. The van der Waals surface area contributed by atoms with Crippen LogP contribution in [0.25, 0.3) is 0 Å². The lowest BCUT2D eigenvalue weighted by Gasteiger charge is -2.26. The third-order valence-electron chi connectivity index (χ3n) is 2.46. The van der Waals surface area contributed by atoms with Gasteiger partial charge in [0.15, 0.2) is 0 Å². The Morgan fingerprint density at radius 1 is 1.04 bits per heavy atom. The van der Waals surface area contributed by atoms with E-state index in [4.69, 9.17) is 4.74 Å². The minimum atomic E-state index is -1.09. The summed E-state index contributed by atoms with van der Waals surface area (Å²) in [5, 5.41) is 2.43. The predicted octanol–water partition coefficient (Wildman–Crippen LogP) is 5.19. The van der Waals surface area contributed by atoms with Gasteiger partial charge in [-0.1, -0.05) is 36.5 Å². The first-order valence-electron chi connectivity index (χ1n) is 8.77. The first-order chi connectivity index (χ1) is 12.4. The molecular weight excluding hydrogens is 342 g/mol. The van der Waals surface area contributed by atoms with Crippen LogP contribution in [0.4, 0.5) is 4.79 Å². The molecule has 0 bridgehead atoms. The Bertz CT molecular complexity index is 529. The van der Waals surface area contributed by atoms with Gasteiger partial charge in [-0.15, -0.1) is 12.3 Å². The molecule has 0 aliphatic heterocycles. The molecule has 1 N–H and O–H groups in total. The van der Waals surface area contributed by atoms with Crippen molar-refractivity contribution in [2.45, 2.75) is 73.0 Å². The van der Waals surface area contributed by atoms with Crippen LogP contribution >= 0.6 is 0 Å². The number of carbonyl (C=O) groups excluding carboxylic acids is 2. The summed E-state index contributed by atoms with van der Waals surface area (Å²) >= 11 is 0. The van der Waals surface area contributed by atoms with E-state index in [0.717, 1.165) is 6.42 Å². The highest BCUT2D eigenvalue weighted by atomic mass is 16.6. The Morgan fingerprint density at radius 3 is 1.93 bits per heavy atom. The number of nitrogens with one attached hydrogen (secondary N) is 1. The smallest absolute Gasteiger partial charge is 0.408 e. The molecule has 154 valence electrons. The normalized spacial score (nSPS) is 11.1. The molecule has 1 amide bonds. The van der Waals surface area contributed by atoms with Crippen molar-refractivity contribution < 1.29 is 19.1 Å². The fourth-order valence-electron chi connectivity index (χ4n) is 1.35. The van der Waals surface area contributed by atoms with Gasteiger partial charge in [-0.25, -0.2) is 9.59 Å². The van der Waals surface area contributed by atoms with E-state index in [-0.39, 0.29) is 0 Å². The van der Waals surface area contributed by atoms with Gasteiger partial charge < -0.3 is 14.8 Å². The van der Waals surface area contributed by atoms with Crippen LogP contribution < -0.4 is 5.32 Å². The lowest BCUT2D eigenvalue weighted by molar-refractivity contribution is -0.147. The lowest BCUT2D eigenvalue weighted by atomic mass is 10.1. The number of carbonyl (C=O) groups is 2. The second-order valence-electron chi connectivity index (χ2n) is 6.79. The molecular formula is C22H37NO4. The summed E-state index contributed by atoms with van der Waals surface area (Å²) in [6.07, 6.45) is 17.4. The maximum atomic E-state index is 11.4. The van der Waals surface area contributed by atoms with Gasteiger partial charge in [-0.2, -0.15) is 0 Å². The van der Waals surface area contributed by atoms with Crippen LogP contribution in [0.5, 0.6) is 0 Å². The van der Waals surface area contributed by atoms with Crippen LogP contribution in [0, 0.1) is 12.3 Å². The molecule has 0 aromatic rings. The number of allylic oxidation sites excluding steroid dienone is 6. The monoisotopic (exact) mass is 379 g/mol. The van der Waals surface area contributed by atoms with Crippen molar-refractivity contribution in [2.75, 3.05) is 7.11 Å². The van der Waals surface area contributed by atoms with Crippen LogP contribution in [0.3, 0.4) is 0 Å². The summed E-state index contributed by atoms with van der Waals surface area (Å²) in [6, 6.07) is 0. The Kier molecular flexibility index (Phi) is 18.4. The molecule has 0 aliphatic carbocycles. The highest BCUT2D eigenvalue weighted by Gasteiger charge is 2.32. The summed E-state index contributed by atoms with van der Waals surface area (Å²) in [4.78, 5) is 22.6. The molecule has 0 saturated carbocycles. The van der Waals surface area contributed by atoms with Gasteiger partial charge in [0, 0.05) is 0 Å². The first-order valence-corrected chi connectivity index (χ1v) is 8.77. The largest absolute Gasteiger partial charge is 0.467 e. The summed E-state index contributed by atoms with van der Waals surface area (Å²) in [5.41, 5.74) is -1.67. The second-order valence-corrected chi connectivity index (χ2v) is 6.79. The number of ether oxygens (including phenoxy) is 2. The van der Waals surface area contributed by atoms with Crippen LogP contribution in [-0.4, -0.2) is 30.3 Å². The fraction of sp³-hybridized carbons (Fsp3) is 0.545. The lowest BCUT2D eigenvalue weighted by Crippen LogP contribution is -2.51. The molecule has 0 aromatic heterocycles. The van der Waals surface area contributed by atoms with Crippen LogP contribution in [-0.2, 0) is 14.3 Å². The Labute approximate surface area is 165 Å². The molecule has 0 aromatic carbocycles. The summed E-state index contributed by atoms with van der Waals surface area (Å²) in [5.74, 6) is 1.73.